The lowest BCUT2D eigenvalue weighted by Crippen LogP contribution is -2.00. The van der Waals surface area contributed by atoms with Gasteiger partial charge in [0.25, 0.3) is 6.43 Å². The highest BCUT2D eigenvalue weighted by atomic mass is 79.9. The van der Waals surface area contributed by atoms with Gasteiger partial charge in [-0.2, -0.15) is 5.26 Å². The Morgan fingerprint density at radius 3 is 2.73 bits per heavy atom. The number of alkyl halides is 3. The second-order valence-corrected chi connectivity index (χ2v) is 3.67. The van der Waals surface area contributed by atoms with Gasteiger partial charge in [-0.15, -0.1) is 0 Å². The maximum Gasteiger partial charge on any atom is 0.267 e. The third-order valence-corrected chi connectivity index (χ3v) is 2.67. The van der Waals surface area contributed by atoms with E-state index >= 15 is 0 Å². The number of hydrogen-bond acceptors (Lipinski definition) is 2. The van der Waals surface area contributed by atoms with Crippen molar-refractivity contribution in [3.8, 4) is 6.07 Å². The van der Waals surface area contributed by atoms with E-state index in [2.05, 4.69) is 20.9 Å². The molecular weight excluding hydrogens is 289 g/mol. The smallest absolute Gasteiger partial charge is 0.240 e. The number of nitriles is 1. The fourth-order valence-corrected chi connectivity index (χ4v) is 1.92. The number of halogens is 4. The first-order valence-electron chi connectivity index (χ1n) is 3.99. The van der Waals surface area contributed by atoms with Crippen LogP contribution in [0.3, 0.4) is 0 Å². The first-order chi connectivity index (χ1) is 7.10. The van der Waals surface area contributed by atoms with Crippen LogP contribution in [0.2, 0.25) is 5.15 Å². The predicted octanol–water partition coefficient (Wildman–Crippen LogP) is 3.63. The van der Waals surface area contributed by atoms with E-state index < -0.39 is 6.43 Å². The van der Waals surface area contributed by atoms with E-state index in [0.29, 0.717) is 11.3 Å². The summed E-state index contributed by atoms with van der Waals surface area (Å²) >= 11 is 8.72. The van der Waals surface area contributed by atoms with E-state index in [1.54, 1.807) is 0 Å². The van der Waals surface area contributed by atoms with Crippen LogP contribution in [-0.2, 0) is 11.8 Å². The molecule has 0 aliphatic heterocycles. The fourth-order valence-electron chi connectivity index (χ4n) is 1.14. The van der Waals surface area contributed by atoms with Crippen LogP contribution in [0.4, 0.5) is 8.78 Å². The van der Waals surface area contributed by atoms with Gasteiger partial charge in [0, 0.05) is 5.33 Å². The van der Waals surface area contributed by atoms with Crippen LogP contribution in [-0.4, -0.2) is 4.98 Å². The minimum atomic E-state index is -2.66. The van der Waals surface area contributed by atoms with Crippen molar-refractivity contribution in [2.45, 2.75) is 18.2 Å². The molecule has 0 aliphatic carbocycles. The quantitative estimate of drug-likeness (QED) is 0.630. The highest BCUT2D eigenvalue weighted by Crippen LogP contribution is 2.30. The summed E-state index contributed by atoms with van der Waals surface area (Å²) < 4.78 is 25.2. The van der Waals surface area contributed by atoms with Crippen molar-refractivity contribution in [3.05, 3.63) is 28.0 Å². The van der Waals surface area contributed by atoms with Gasteiger partial charge in [-0.25, -0.2) is 13.8 Å². The maximum absolute atomic E-state index is 12.6. The number of nitrogens with zero attached hydrogens (tertiary/aromatic N) is 2. The molecule has 1 heterocycles. The molecule has 0 spiro atoms. The van der Waals surface area contributed by atoms with E-state index in [1.807, 2.05) is 6.07 Å². The van der Waals surface area contributed by atoms with Gasteiger partial charge in [0.15, 0.2) is 0 Å². The summed E-state index contributed by atoms with van der Waals surface area (Å²) in [6.45, 7) is 0. The van der Waals surface area contributed by atoms with E-state index in [0.717, 1.165) is 0 Å². The first-order valence-corrected chi connectivity index (χ1v) is 5.49. The van der Waals surface area contributed by atoms with Gasteiger partial charge in [0.2, 0.25) is 0 Å². The van der Waals surface area contributed by atoms with E-state index in [1.165, 1.54) is 6.07 Å². The third kappa shape index (κ3) is 2.86. The van der Waals surface area contributed by atoms with Crippen LogP contribution in [0.25, 0.3) is 0 Å². The van der Waals surface area contributed by atoms with Gasteiger partial charge in [-0.05, 0) is 11.6 Å². The molecule has 0 radical (unpaired) electrons. The molecule has 0 fully saturated rings. The molecule has 0 atom stereocenters. The van der Waals surface area contributed by atoms with Crippen LogP contribution in [0.1, 0.15) is 23.2 Å². The summed E-state index contributed by atoms with van der Waals surface area (Å²) in [7, 11) is 0. The molecule has 0 unspecified atom stereocenters. The van der Waals surface area contributed by atoms with Gasteiger partial charge in [0.05, 0.1) is 23.7 Å². The van der Waals surface area contributed by atoms with E-state index in [4.69, 9.17) is 16.9 Å². The molecule has 0 amide bonds. The van der Waals surface area contributed by atoms with E-state index in [-0.39, 0.29) is 22.5 Å². The molecule has 1 aromatic heterocycles. The number of aromatic nitrogens is 1. The number of hydrogen-bond donors (Lipinski definition) is 0. The Hall–Kier alpha value is -0.730. The standard InChI is InChI=1S/C9H6BrClF2N2/c10-4-5-3-6(1-2-14)15-8(11)7(5)9(12)13/h3,9H,1,4H2. The zero-order valence-corrected chi connectivity index (χ0v) is 9.82. The number of pyridine rings is 1. The molecule has 80 valence electrons. The molecule has 1 aromatic rings. The Labute approximate surface area is 99.0 Å². The van der Waals surface area contributed by atoms with Crippen LogP contribution >= 0.6 is 27.5 Å². The van der Waals surface area contributed by atoms with Gasteiger partial charge in [-0.1, -0.05) is 27.5 Å². The van der Waals surface area contributed by atoms with Crippen LogP contribution < -0.4 is 0 Å². The molecule has 0 bridgehead atoms. The molecule has 0 N–H and O–H groups in total. The van der Waals surface area contributed by atoms with Crippen molar-refractivity contribution in [2.24, 2.45) is 0 Å². The normalized spacial score (nSPS) is 10.4. The zero-order valence-electron chi connectivity index (χ0n) is 7.48. The summed E-state index contributed by atoms with van der Waals surface area (Å²) in [5.74, 6) is 0. The Morgan fingerprint density at radius 1 is 1.60 bits per heavy atom. The fraction of sp³-hybridized carbons (Fsp3) is 0.333. The summed E-state index contributed by atoms with van der Waals surface area (Å²) in [6, 6.07) is 3.35. The molecular formula is C9H6BrClF2N2. The highest BCUT2D eigenvalue weighted by molar-refractivity contribution is 9.08. The molecule has 15 heavy (non-hydrogen) atoms. The van der Waals surface area contributed by atoms with Crippen molar-refractivity contribution in [1.82, 2.24) is 4.98 Å². The van der Waals surface area contributed by atoms with Crippen LogP contribution in [0.15, 0.2) is 6.07 Å². The minimum Gasteiger partial charge on any atom is -0.240 e. The van der Waals surface area contributed by atoms with Gasteiger partial charge < -0.3 is 0 Å². The summed E-state index contributed by atoms with van der Waals surface area (Å²) in [4.78, 5) is 3.73. The Bertz CT molecular complexity index is 404. The monoisotopic (exact) mass is 294 g/mol. The molecule has 1 rings (SSSR count). The summed E-state index contributed by atoms with van der Waals surface area (Å²) in [6.07, 6.45) is -2.60. The Balaban J connectivity index is 3.25. The Kier molecular flexibility index (Phi) is 4.43. The number of rotatable bonds is 3. The second-order valence-electron chi connectivity index (χ2n) is 2.75. The first kappa shape index (κ1) is 12.3. The molecule has 0 aromatic carbocycles. The van der Waals surface area contributed by atoms with Gasteiger partial charge >= 0.3 is 0 Å². The predicted molar refractivity (Wildman–Crippen MR) is 56.2 cm³/mol. The molecule has 6 heteroatoms. The van der Waals surface area contributed by atoms with E-state index in [9.17, 15) is 8.78 Å². The summed E-state index contributed by atoms with van der Waals surface area (Å²) in [5, 5.41) is 8.49. The van der Waals surface area contributed by atoms with Crippen LogP contribution in [0.5, 0.6) is 0 Å². The SMILES string of the molecule is N#CCc1cc(CBr)c(C(F)F)c(Cl)n1. The van der Waals surface area contributed by atoms with Crippen molar-refractivity contribution >= 4 is 27.5 Å². The highest BCUT2D eigenvalue weighted by Gasteiger charge is 2.18. The average molecular weight is 296 g/mol. The lowest BCUT2D eigenvalue weighted by molar-refractivity contribution is 0.150. The zero-order chi connectivity index (χ0) is 11.4. The maximum atomic E-state index is 12.6. The molecule has 0 saturated carbocycles. The molecule has 0 saturated heterocycles. The average Bonchev–Trinajstić information content (AvgIpc) is 2.16. The lowest BCUT2D eigenvalue weighted by Gasteiger charge is -2.09. The third-order valence-electron chi connectivity index (χ3n) is 1.77. The second kappa shape index (κ2) is 5.38. The van der Waals surface area contributed by atoms with Crippen molar-refractivity contribution in [2.75, 3.05) is 0 Å². The summed E-state index contributed by atoms with van der Waals surface area (Å²) in [5.41, 5.74) is 0.506. The molecule has 2 nitrogen and oxygen atoms in total. The van der Waals surface area contributed by atoms with Crippen LogP contribution in [0, 0.1) is 11.3 Å². The lowest BCUT2D eigenvalue weighted by atomic mass is 10.1. The van der Waals surface area contributed by atoms with Gasteiger partial charge in [-0.3, -0.25) is 0 Å². The molecule has 0 aliphatic rings. The topological polar surface area (TPSA) is 36.7 Å². The largest absolute Gasteiger partial charge is 0.267 e. The van der Waals surface area contributed by atoms with Crippen molar-refractivity contribution in [3.63, 3.8) is 0 Å². The van der Waals surface area contributed by atoms with Crippen molar-refractivity contribution < 1.29 is 8.78 Å². The van der Waals surface area contributed by atoms with Gasteiger partial charge in [0.1, 0.15) is 5.15 Å². The Morgan fingerprint density at radius 2 is 2.27 bits per heavy atom. The minimum absolute atomic E-state index is 0.0588. The van der Waals surface area contributed by atoms with Crippen molar-refractivity contribution in [1.29, 1.82) is 5.26 Å².